The number of piperidine rings is 1. The lowest BCUT2D eigenvalue weighted by molar-refractivity contribution is -0.150. The molecule has 2 aromatic rings. The van der Waals surface area contributed by atoms with Crippen LogP contribution in [-0.2, 0) is 9.53 Å². The summed E-state index contributed by atoms with van der Waals surface area (Å²) in [4.78, 5) is 45.1. The van der Waals surface area contributed by atoms with Crippen LogP contribution in [0.5, 0.6) is 0 Å². The van der Waals surface area contributed by atoms with Crippen LogP contribution in [0, 0.1) is 6.92 Å². The molecule has 2 aromatic heterocycles. The van der Waals surface area contributed by atoms with Gasteiger partial charge in [-0.05, 0) is 19.8 Å². The monoisotopic (exact) mass is 488 g/mol. The quantitative estimate of drug-likeness (QED) is 0.509. The van der Waals surface area contributed by atoms with E-state index in [1.165, 1.54) is 6.20 Å². The number of esters is 1. The number of rotatable bonds is 7. The van der Waals surface area contributed by atoms with Gasteiger partial charge in [-0.15, -0.1) is 0 Å². The minimum Gasteiger partial charge on any atom is -0.477 e. The van der Waals surface area contributed by atoms with E-state index in [4.69, 9.17) is 33.0 Å². The lowest BCUT2D eigenvalue weighted by Crippen LogP contribution is -2.55. The summed E-state index contributed by atoms with van der Waals surface area (Å²) in [5, 5.41) is 13.0. The molecule has 1 aliphatic heterocycles. The third kappa shape index (κ3) is 5.31. The van der Waals surface area contributed by atoms with E-state index in [9.17, 15) is 14.4 Å². The predicted molar refractivity (Wildman–Crippen MR) is 117 cm³/mol. The van der Waals surface area contributed by atoms with Crippen molar-refractivity contribution >= 4 is 57.5 Å². The van der Waals surface area contributed by atoms with Crippen molar-refractivity contribution in [2.24, 2.45) is 0 Å². The fraction of sp³-hybridized carbons (Fsp3) is 0.474. The number of halogens is 2. The molecule has 2 atom stereocenters. The zero-order valence-corrected chi connectivity index (χ0v) is 19.2. The molecule has 0 spiro atoms. The molecule has 0 aromatic carbocycles. The van der Waals surface area contributed by atoms with Gasteiger partial charge in [-0.1, -0.05) is 41.5 Å². The van der Waals surface area contributed by atoms with Crippen molar-refractivity contribution < 1.29 is 24.2 Å². The summed E-state index contributed by atoms with van der Waals surface area (Å²) in [6, 6.07) is -0.457. The van der Waals surface area contributed by atoms with Crippen LogP contribution < -0.4 is 10.2 Å². The highest BCUT2D eigenvalue weighted by Crippen LogP contribution is 2.30. The summed E-state index contributed by atoms with van der Waals surface area (Å²) < 4.78 is 5.64. The number of ether oxygens (including phenoxy) is 1. The highest BCUT2D eigenvalue weighted by atomic mass is 35.5. The van der Waals surface area contributed by atoms with Crippen LogP contribution in [0.25, 0.3) is 0 Å². The lowest BCUT2D eigenvalue weighted by atomic mass is 10.0. The van der Waals surface area contributed by atoms with Crippen molar-refractivity contribution in [3.8, 4) is 0 Å². The summed E-state index contributed by atoms with van der Waals surface area (Å²) in [5.41, 5.74) is 0.729. The van der Waals surface area contributed by atoms with Gasteiger partial charge >= 0.3 is 11.9 Å². The molecule has 1 aliphatic rings. The van der Waals surface area contributed by atoms with Gasteiger partial charge in [0.05, 0.1) is 28.8 Å². The van der Waals surface area contributed by atoms with E-state index in [1.54, 1.807) is 6.92 Å². The average molecular weight is 489 g/mol. The number of thiazole rings is 1. The summed E-state index contributed by atoms with van der Waals surface area (Å²) in [6.07, 6.45) is 2.02. The van der Waals surface area contributed by atoms with Crippen LogP contribution >= 0.6 is 34.5 Å². The SMILES string of the molecule is CCCC(=O)OC1CN(c2ncc(C(=O)O)s2)CCC1NC(=O)c1[nH]c(C)c(Cl)c1Cl. The first-order valence-electron chi connectivity index (χ1n) is 9.69. The normalized spacial score (nSPS) is 18.6. The Bertz CT molecular complexity index is 992. The van der Waals surface area contributed by atoms with Crippen molar-refractivity contribution in [2.45, 2.75) is 45.3 Å². The molecule has 1 saturated heterocycles. The fourth-order valence-corrected chi connectivity index (χ4v) is 4.49. The number of nitrogens with zero attached hydrogens (tertiary/aromatic N) is 2. The Hall–Kier alpha value is -2.30. The van der Waals surface area contributed by atoms with Crippen molar-refractivity contribution in [2.75, 3.05) is 18.0 Å². The second-order valence-electron chi connectivity index (χ2n) is 7.16. The maximum absolute atomic E-state index is 12.8. The van der Waals surface area contributed by atoms with Crippen LogP contribution in [0.2, 0.25) is 10.0 Å². The van der Waals surface area contributed by atoms with Crippen molar-refractivity contribution in [3.05, 3.63) is 32.5 Å². The summed E-state index contributed by atoms with van der Waals surface area (Å²) in [7, 11) is 0. The molecule has 168 valence electrons. The lowest BCUT2D eigenvalue weighted by Gasteiger charge is -2.38. The van der Waals surface area contributed by atoms with Gasteiger partial charge in [0.2, 0.25) is 0 Å². The zero-order chi connectivity index (χ0) is 22.7. The Morgan fingerprint density at radius 1 is 1.39 bits per heavy atom. The van der Waals surface area contributed by atoms with E-state index >= 15 is 0 Å². The standard InChI is InChI=1S/C19H22Cl2N4O5S/c1-3-4-13(26)30-11-8-25(19-22-7-12(31-19)18(28)29)6-5-10(11)24-17(27)16-15(21)14(20)9(2)23-16/h7,10-11,23H,3-6,8H2,1-2H3,(H,24,27)(H,28,29). The van der Waals surface area contributed by atoms with Gasteiger partial charge in [-0.25, -0.2) is 9.78 Å². The Kier molecular flexibility index (Phi) is 7.45. The first kappa shape index (κ1) is 23.4. The van der Waals surface area contributed by atoms with E-state index in [0.717, 1.165) is 11.3 Å². The van der Waals surface area contributed by atoms with Gasteiger partial charge in [0.25, 0.3) is 5.91 Å². The number of anilines is 1. The minimum atomic E-state index is -1.05. The van der Waals surface area contributed by atoms with E-state index < -0.39 is 24.0 Å². The molecule has 3 N–H and O–H groups in total. The number of nitrogens with one attached hydrogen (secondary N) is 2. The second-order valence-corrected chi connectivity index (χ2v) is 8.92. The molecular weight excluding hydrogens is 467 g/mol. The fourth-order valence-electron chi connectivity index (χ4n) is 3.29. The largest absolute Gasteiger partial charge is 0.477 e. The molecule has 0 aliphatic carbocycles. The summed E-state index contributed by atoms with van der Waals surface area (Å²) in [6.45, 7) is 4.34. The average Bonchev–Trinajstić information content (AvgIpc) is 3.31. The van der Waals surface area contributed by atoms with E-state index in [1.807, 2.05) is 11.8 Å². The van der Waals surface area contributed by atoms with Gasteiger partial charge in [-0.3, -0.25) is 9.59 Å². The molecule has 0 saturated carbocycles. The Labute approximate surface area is 192 Å². The first-order chi connectivity index (χ1) is 14.7. The highest BCUT2D eigenvalue weighted by Gasteiger charge is 2.35. The number of carboxylic acids is 1. The molecule has 0 bridgehead atoms. The van der Waals surface area contributed by atoms with Crippen molar-refractivity contribution in [1.29, 1.82) is 0 Å². The minimum absolute atomic E-state index is 0.124. The van der Waals surface area contributed by atoms with Crippen LogP contribution in [0.1, 0.15) is 52.0 Å². The van der Waals surface area contributed by atoms with Gasteiger partial charge in [0.1, 0.15) is 16.7 Å². The Balaban J connectivity index is 1.76. The highest BCUT2D eigenvalue weighted by molar-refractivity contribution is 7.17. The molecule has 3 heterocycles. The predicted octanol–water partition coefficient (Wildman–Crippen LogP) is 3.51. The number of carbonyl (C=O) groups excluding carboxylic acids is 2. The number of aryl methyl sites for hydroxylation is 1. The van der Waals surface area contributed by atoms with Crippen molar-refractivity contribution in [1.82, 2.24) is 15.3 Å². The van der Waals surface area contributed by atoms with Gasteiger partial charge in [0, 0.05) is 18.7 Å². The molecule has 3 rings (SSSR count). The van der Waals surface area contributed by atoms with E-state index in [0.29, 0.717) is 30.2 Å². The van der Waals surface area contributed by atoms with Crippen LogP contribution in [-0.4, -0.2) is 58.2 Å². The third-order valence-corrected chi connectivity index (χ3v) is 6.86. The van der Waals surface area contributed by atoms with Gasteiger partial charge < -0.3 is 25.0 Å². The Morgan fingerprint density at radius 2 is 2.13 bits per heavy atom. The smallest absolute Gasteiger partial charge is 0.347 e. The van der Waals surface area contributed by atoms with Crippen LogP contribution in [0.3, 0.4) is 0 Å². The number of amides is 1. The van der Waals surface area contributed by atoms with Crippen molar-refractivity contribution in [3.63, 3.8) is 0 Å². The van der Waals surface area contributed by atoms with E-state index in [-0.39, 0.29) is 39.6 Å². The number of aromatic carboxylic acids is 1. The zero-order valence-electron chi connectivity index (χ0n) is 16.9. The summed E-state index contributed by atoms with van der Waals surface area (Å²) in [5.74, 6) is -1.86. The first-order valence-corrected chi connectivity index (χ1v) is 11.3. The number of H-pyrrole nitrogens is 1. The van der Waals surface area contributed by atoms with E-state index in [2.05, 4.69) is 15.3 Å². The molecule has 1 fully saturated rings. The molecule has 1 amide bonds. The number of hydrogen-bond donors (Lipinski definition) is 3. The molecular formula is C19H22Cl2N4O5S. The number of carboxylic acid groups (broad SMARTS) is 1. The molecule has 12 heteroatoms. The number of carbonyl (C=O) groups is 3. The number of aromatic amines is 1. The maximum atomic E-state index is 12.8. The van der Waals surface area contributed by atoms with Gasteiger partial charge in [-0.2, -0.15) is 0 Å². The third-order valence-electron chi connectivity index (χ3n) is 4.87. The summed E-state index contributed by atoms with van der Waals surface area (Å²) >= 11 is 13.3. The molecule has 9 nitrogen and oxygen atoms in total. The molecule has 31 heavy (non-hydrogen) atoms. The topological polar surface area (TPSA) is 125 Å². The number of aromatic nitrogens is 2. The number of hydrogen-bond acceptors (Lipinski definition) is 7. The van der Waals surface area contributed by atoms with Gasteiger partial charge in [0.15, 0.2) is 5.13 Å². The molecule has 2 unspecified atom stereocenters. The molecule has 0 radical (unpaired) electrons. The van der Waals surface area contributed by atoms with Crippen LogP contribution in [0.4, 0.5) is 5.13 Å². The Morgan fingerprint density at radius 3 is 2.71 bits per heavy atom. The van der Waals surface area contributed by atoms with Crippen LogP contribution in [0.15, 0.2) is 6.20 Å². The maximum Gasteiger partial charge on any atom is 0.347 e. The second kappa shape index (κ2) is 9.88.